The zero-order valence-corrected chi connectivity index (χ0v) is 32.0. The molecule has 0 saturated heterocycles. The van der Waals surface area contributed by atoms with Crippen molar-refractivity contribution in [2.24, 2.45) is 0 Å². The van der Waals surface area contributed by atoms with Crippen LogP contribution in [-0.4, -0.2) is 57.3 Å². The average molecular weight is 682 g/mol. The van der Waals surface area contributed by atoms with Crippen LogP contribution in [0.2, 0.25) is 0 Å². The summed E-state index contributed by atoms with van der Waals surface area (Å²) in [4.78, 5) is 12.5. The summed E-state index contributed by atoms with van der Waals surface area (Å²) in [5, 5.41) is 43.6. The van der Waals surface area contributed by atoms with E-state index in [-0.39, 0.29) is 0 Å². The second kappa shape index (κ2) is 37.3. The van der Waals surface area contributed by atoms with Gasteiger partial charge in [0, 0.05) is 0 Å². The molecule has 286 valence electrons. The van der Waals surface area contributed by atoms with Crippen molar-refractivity contribution >= 4 is 5.91 Å². The van der Waals surface area contributed by atoms with Gasteiger partial charge in [-0.3, -0.25) is 4.79 Å². The Morgan fingerprint density at radius 1 is 0.500 bits per heavy atom. The van der Waals surface area contributed by atoms with E-state index in [0.29, 0.717) is 12.8 Å². The molecule has 0 heterocycles. The third-order valence-corrected chi connectivity index (χ3v) is 9.98. The summed E-state index contributed by atoms with van der Waals surface area (Å²) in [5.74, 6) is -0.589. The van der Waals surface area contributed by atoms with Crippen LogP contribution < -0.4 is 5.32 Å². The number of carbonyl (C=O) groups excluding carboxylic acids is 1. The Morgan fingerprint density at radius 3 is 1.21 bits per heavy atom. The molecule has 0 aliphatic rings. The lowest BCUT2D eigenvalue weighted by Gasteiger charge is -2.27. The molecule has 4 atom stereocenters. The van der Waals surface area contributed by atoms with Gasteiger partial charge in [-0.15, -0.1) is 0 Å². The van der Waals surface area contributed by atoms with E-state index in [1.807, 2.05) is 0 Å². The molecule has 0 aromatic heterocycles. The zero-order valence-electron chi connectivity index (χ0n) is 32.0. The van der Waals surface area contributed by atoms with Crippen molar-refractivity contribution in [3.63, 3.8) is 0 Å². The quantitative estimate of drug-likeness (QED) is 0.0329. The Morgan fingerprint density at radius 2 is 0.833 bits per heavy atom. The maximum atomic E-state index is 12.5. The first-order valence-electron chi connectivity index (χ1n) is 21.1. The summed E-state index contributed by atoms with van der Waals surface area (Å²) in [6.07, 6.45) is 39.4. The van der Waals surface area contributed by atoms with Crippen LogP contribution in [0.4, 0.5) is 0 Å². The number of amides is 1. The zero-order chi connectivity index (χ0) is 35.3. The van der Waals surface area contributed by atoms with Gasteiger partial charge in [0.2, 0.25) is 5.91 Å². The minimum absolute atomic E-state index is 0.361. The van der Waals surface area contributed by atoms with Crippen molar-refractivity contribution in [3.8, 4) is 0 Å². The van der Waals surface area contributed by atoms with Gasteiger partial charge in [0.15, 0.2) is 0 Å². The summed E-state index contributed by atoms with van der Waals surface area (Å²) in [7, 11) is 0. The Labute approximate surface area is 298 Å². The van der Waals surface area contributed by atoms with Crippen LogP contribution >= 0.6 is 0 Å². The van der Waals surface area contributed by atoms with Crippen molar-refractivity contribution in [1.82, 2.24) is 5.32 Å². The fourth-order valence-electron chi connectivity index (χ4n) is 6.57. The Balaban J connectivity index is 3.76. The molecule has 0 aliphatic carbocycles. The van der Waals surface area contributed by atoms with Gasteiger partial charge >= 0.3 is 0 Å². The van der Waals surface area contributed by atoms with Crippen molar-refractivity contribution < 1.29 is 25.2 Å². The van der Waals surface area contributed by atoms with Crippen LogP contribution in [0.3, 0.4) is 0 Å². The molecule has 0 saturated carbocycles. The number of unbranched alkanes of at least 4 members (excludes halogenated alkanes) is 27. The van der Waals surface area contributed by atoms with Crippen LogP contribution in [0.5, 0.6) is 0 Å². The number of aliphatic hydroxyl groups excluding tert-OH is 4. The third-order valence-electron chi connectivity index (χ3n) is 9.98. The molecule has 5 N–H and O–H groups in total. The second-order valence-electron chi connectivity index (χ2n) is 14.7. The highest BCUT2D eigenvalue weighted by atomic mass is 16.3. The summed E-state index contributed by atoms with van der Waals surface area (Å²) in [6, 6.07) is -0.984. The van der Waals surface area contributed by atoms with Crippen LogP contribution in [0.1, 0.15) is 219 Å². The van der Waals surface area contributed by atoms with Gasteiger partial charge in [-0.05, 0) is 38.5 Å². The van der Waals surface area contributed by atoms with Crippen molar-refractivity contribution in [2.75, 3.05) is 6.61 Å². The molecule has 6 heteroatoms. The summed E-state index contributed by atoms with van der Waals surface area (Å²) >= 11 is 0. The van der Waals surface area contributed by atoms with Gasteiger partial charge in [-0.2, -0.15) is 0 Å². The van der Waals surface area contributed by atoms with E-state index in [1.54, 1.807) is 0 Å². The summed E-state index contributed by atoms with van der Waals surface area (Å²) in [5.41, 5.74) is 0. The first-order chi connectivity index (χ1) is 23.5. The molecule has 0 aromatic rings. The standard InChI is InChI=1S/C42H83NO5/c1-3-5-7-9-11-13-15-17-19-20-22-23-25-27-29-31-33-35-39(45)41(47)38(37-44)43-42(48)40(46)36-34-32-30-28-26-24-21-18-16-14-12-10-8-6-4-2/h18,21,38-41,44-47H,3-17,19-20,22-37H2,1-2H3,(H,43,48). The normalized spacial score (nSPS) is 14.4. The molecule has 0 spiro atoms. The van der Waals surface area contributed by atoms with E-state index in [0.717, 1.165) is 51.4 Å². The maximum Gasteiger partial charge on any atom is 0.249 e. The molecule has 0 aromatic carbocycles. The van der Waals surface area contributed by atoms with Gasteiger partial charge in [0.25, 0.3) is 0 Å². The average Bonchev–Trinajstić information content (AvgIpc) is 3.09. The van der Waals surface area contributed by atoms with E-state index in [2.05, 4.69) is 31.3 Å². The summed E-state index contributed by atoms with van der Waals surface area (Å²) in [6.45, 7) is 4.04. The van der Waals surface area contributed by atoms with Gasteiger partial charge in [0.05, 0.1) is 18.8 Å². The van der Waals surface area contributed by atoms with Crippen LogP contribution in [0.25, 0.3) is 0 Å². The highest BCUT2D eigenvalue weighted by molar-refractivity contribution is 5.80. The predicted molar refractivity (Wildman–Crippen MR) is 205 cm³/mol. The number of rotatable bonds is 38. The van der Waals surface area contributed by atoms with Gasteiger partial charge in [-0.1, -0.05) is 193 Å². The van der Waals surface area contributed by atoms with Gasteiger partial charge in [0.1, 0.15) is 12.2 Å². The number of hydrogen-bond acceptors (Lipinski definition) is 5. The van der Waals surface area contributed by atoms with E-state index in [9.17, 15) is 25.2 Å². The minimum Gasteiger partial charge on any atom is -0.394 e. The Bertz CT molecular complexity index is 687. The molecule has 4 unspecified atom stereocenters. The lowest BCUT2D eigenvalue weighted by atomic mass is 9.99. The molecule has 48 heavy (non-hydrogen) atoms. The lowest BCUT2D eigenvalue weighted by molar-refractivity contribution is -0.132. The topological polar surface area (TPSA) is 110 Å². The van der Waals surface area contributed by atoms with Gasteiger partial charge in [-0.25, -0.2) is 0 Å². The molecule has 1 amide bonds. The molecule has 0 aliphatic heterocycles. The third kappa shape index (κ3) is 31.1. The van der Waals surface area contributed by atoms with Crippen molar-refractivity contribution in [2.45, 2.75) is 244 Å². The van der Waals surface area contributed by atoms with Crippen LogP contribution in [-0.2, 0) is 4.79 Å². The number of carbonyl (C=O) groups is 1. The molecule has 0 radical (unpaired) electrons. The first-order valence-corrected chi connectivity index (χ1v) is 21.1. The van der Waals surface area contributed by atoms with Gasteiger partial charge < -0.3 is 25.7 Å². The predicted octanol–water partition coefficient (Wildman–Crippen LogP) is 10.6. The first kappa shape index (κ1) is 47.0. The smallest absolute Gasteiger partial charge is 0.249 e. The number of aliphatic hydroxyl groups is 4. The fraction of sp³-hybridized carbons (Fsp3) is 0.929. The van der Waals surface area contributed by atoms with Crippen LogP contribution in [0.15, 0.2) is 12.2 Å². The molecular weight excluding hydrogens is 598 g/mol. The monoisotopic (exact) mass is 682 g/mol. The fourth-order valence-corrected chi connectivity index (χ4v) is 6.57. The highest BCUT2D eigenvalue weighted by Crippen LogP contribution is 2.16. The molecule has 0 rings (SSSR count). The summed E-state index contributed by atoms with van der Waals surface area (Å²) < 4.78 is 0. The minimum atomic E-state index is -1.26. The lowest BCUT2D eigenvalue weighted by Crippen LogP contribution is -2.53. The largest absolute Gasteiger partial charge is 0.394 e. The Kier molecular flexibility index (Phi) is 36.6. The Hall–Kier alpha value is -0.950. The van der Waals surface area contributed by atoms with E-state index >= 15 is 0 Å². The number of hydrogen-bond donors (Lipinski definition) is 5. The molecular formula is C42H83NO5. The molecule has 6 nitrogen and oxygen atoms in total. The van der Waals surface area contributed by atoms with Crippen molar-refractivity contribution in [3.05, 3.63) is 12.2 Å². The van der Waals surface area contributed by atoms with E-state index in [1.165, 1.54) is 141 Å². The van der Waals surface area contributed by atoms with E-state index < -0.39 is 36.9 Å². The van der Waals surface area contributed by atoms with E-state index in [4.69, 9.17) is 0 Å². The van der Waals surface area contributed by atoms with Crippen molar-refractivity contribution in [1.29, 1.82) is 0 Å². The second-order valence-corrected chi connectivity index (χ2v) is 14.7. The molecule has 0 bridgehead atoms. The highest BCUT2D eigenvalue weighted by Gasteiger charge is 2.28. The maximum absolute atomic E-state index is 12.5. The SMILES string of the molecule is CCCCCCCCC=CCCCCCCCC(O)C(=O)NC(CO)C(O)C(O)CCCCCCCCCCCCCCCCCCC. The number of allylic oxidation sites excluding steroid dienone is 2. The number of nitrogens with one attached hydrogen (secondary N) is 1. The molecule has 0 fully saturated rings. The van der Waals surface area contributed by atoms with Crippen LogP contribution in [0, 0.1) is 0 Å².